The molecule has 0 aliphatic carbocycles. The first-order valence-electron chi connectivity index (χ1n) is 10.1. The molecule has 0 saturated carbocycles. The molecular weight excluding hydrogens is 375 g/mol. The van der Waals surface area contributed by atoms with Crippen molar-refractivity contribution in [1.29, 1.82) is 0 Å². The minimum atomic E-state index is -0.238. The number of nitrogens with one attached hydrogen (secondary N) is 1. The number of H-pyrrole nitrogens is 1. The molecule has 3 nitrogen and oxygen atoms in total. The maximum absolute atomic E-state index is 13.3. The SMILES string of the molecule is Cc1cc(C)c2c(=O)cc(CN(Cc3ccccc3)Cc3ccc(F)cc3)[nH]c2c1. The molecule has 0 saturated heterocycles. The van der Waals surface area contributed by atoms with Gasteiger partial charge in [0.1, 0.15) is 5.82 Å². The lowest BCUT2D eigenvalue weighted by Crippen LogP contribution is -2.24. The Bertz CT molecular complexity index is 1210. The van der Waals surface area contributed by atoms with Crippen molar-refractivity contribution < 1.29 is 4.39 Å². The van der Waals surface area contributed by atoms with E-state index < -0.39 is 0 Å². The number of aryl methyl sites for hydroxylation is 2. The van der Waals surface area contributed by atoms with Gasteiger partial charge in [0.15, 0.2) is 5.43 Å². The number of nitrogens with zero attached hydrogens (tertiary/aromatic N) is 1. The highest BCUT2D eigenvalue weighted by Gasteiger charge is 2.12. The van der Waals surface area contributed by atoms with Crippen LogP contribution < -0.4 is 5.43 Å². The lowest BCUT2D eigenvalue weighted by molar-refractivity contribution is 0.245. The largest absolute Gasteiger partial charge is 0.357 e. The Labute approximate surface area is 175 Å². The van der Waals surface area contributed by atoms with Crippen molar-refractivity contribution >= 4 is 10.9 Å². The molecule has 0 spiro atoms. The molecule has 1 aromatic heterocycles. The van der Waals surface area contributed by atoms with Crippen LogP contribution in [0.5, 0.6) is 0 Å². The van der Waals surface area contributed by atoms with E-state index in [4.69, 9.17) is 0 Å². The molecule has 4 aromatic rings. The van der Waals surface area contributed by atoms with E-state index in [1.165, 1.54) is 17.7 Å². The van der Waals surface area contributed by atoms with E-state index in [1.54, 1.807) is 6.07 Å². The molecule has 0 unspecified atom stereocenters. The number of aromatic amines is 1. The van der Waals surface area contributed by atoms with E-state index in [-0.39, 0.29) is 11.2 Å². The Hall–Kier alpha value is -3.24. The fourth-order valence-electron chi connectivity index (χ4n) is 4.02. The summed E-state index contributed by atoms with van der Waals surface area (Å²) in [4.78, 5) is 18.5. The topological polar surface area (TPSA) is 36.1 Å². The fourth-order valence-corrected chi connectivity index (χ4v) is 4.02. The molecule has 152 valence electrons. The van der Waals surface area contributed by atoms with Crippen molar-refractivity contribution in [2.45, 2.75) is 33.5 Å². The summed E-state index contributed by atoms with van der Waals surface area (Å²) in [5.74, 6) is -0.238. The molecular formula is C26H25FN2O. The number of pyridine rings is 1. The second-order valence-electron chi connectivity index (χ2n) is 7.92. The molecule has 4 rings (SSSR count). The van der Waals surface area contributed by atoms with Crippen LogP contribution in [0.15, 0.2) is 77.6 Å². The van der Waals surface area contributed by atoms with Crippen molar-refractivity contribution in [3.63, 3.8) is 0 Å². The first kappa shape index (κ1) is 20.0. The Morgan fingerprint density at radius 1 is 0.833 bits per heavy atom. The zero-order valence-corrected chi connectivity index (χ0v) is 17.3. The first-order valence-corrected chi connectivity index (χ1v) is 10.1. The van der Waals surface area contributed by atoms with E-state index >= 15 is 0 Å². The second kappa shape index (κ2) is 8.64. The summed E-state index contributed by atoms with van der Waals surface area (Å²) in [5, 5.41) is 0.748. The number of rotatable bonds is 6. The van der Waals surface area contributed by atoms with E-state index in [1.807, 2.05) is 56.3 Å². The van der Waals surface area contributed by atoms with Crippen LogP contribution in [0.1, 0.15) is 27.9 Å². The van der Waals surface area contributed by atoms with Crippen LogP contribution in [0.2, 0.25) is 0 Å². The van der Waals surface area contributed by atoms with E-state index in [2.05, 4.69) is 22.0 Å². The van der Waals surface area contributed by atoms with Crippen molar-refractivity contribution in [2.75, 3.05) is 0 Å². The summed E-state index contributed by atoms with van der Waals surface area (Å²) < 4.78 is 13.3. The van der Waals surface area contributed by atoms with Gasteiger partial charge in [-0.2, -0.15) is 0 Å². The summed E-state index contributed by atoms with van der Waals surface area (Å²) in [6.45, 7) is 5.98. The smallest absolute Gasteiger partial charge is 0.189 e. The number of aromatic nitrogens is 1. The molecule has 0 aliphatic heterocycles. The van der Waals surface area contributed by atoms with Crippen LogP contribution in [0.4, 0.5) is 4.39 Å². The Morgan fingerprint density at radius 3 is 2.20 bits per heavy atom. The average Bonchev–Trinajstić information content (AvgIpc) is 2.69. The molecule has 0 amide bonds. The number of hydrogen-bond donors (Lipinski definition) is 1. The van der Waals surface area contributed by atoms with Gasteiger partial charge < -0.3 is 4.98 Å². The summed E-state index contributed by atoms with van der Waals surface area (Å²) in [7, 11) is 0. The van der Waals surface area contributed by atoms with Gasteiger partial charge in [0.25, 0.3) is 0 Å². The van der Waals surface area contributed by atoms with Crippen LogP contribution >= 0.6 is 0 Å². The van der Waals surface area contributed by atoms with Gasteiger partial charge >= 0.3 is 0 Å². The molecule has 30 heavy (non-hydrogen) atoms. The Morgan fingerprint density at radius 2 is 1.50 bits per heavy atom. The van der Waals surface area contributed by atoms with E-state index in [9.17, 15) is 9.18 Å². The van der Waals surface area contributed by atoms with Gasteiger partial charge in [-0.3, -0.25) is 9.69 Å². The predicted octanol–water partition coefficient (Wildman–Crippen LogP) is 5.49. The van der Waals surface area contributed by atoms with Gasteiger partial charge in [-0.1, -0.05) is 48.5 Å². The van der Waals surface area contributed by atoms with Crippen molar-refractivity contribution in [3.05, 3.63) is 117 Å². The van der Waals surface area contributed by atoms with E-state index in [0.717, 1.165) is 39.8 Å². The van der Waals surface area contributed by atoms with Crippen LogP contribution in [-0.2, 0) is 19.6 Å². The molecule has 3 aromatic carbocycles. The van der Waals surface area contributed by atoms with Crippen LogP contribution in [0.25, 0.3) is 10.9 Å². The molecule has 0 radical (unpaired) electrons. The summed E-state index contributed by atoms with van der Waals surface area (Å²) >= 11 is 0. The van der Waals surface area contributed by atoms with Crippen molar-refractivity contribution in [1.82, 2.24) is 9.88 Å². The summed E-state index contributed by atoms with van der Waals surface area (Å²) in [6.07, 6.45) is 0. The van der Waals surface area contributed by atoms with Crippen LogP contribution in [-0.4, -0.2) is 9.88 Å². The number of halogens is 1. The van der Waals surface area contributed by atoms with Gasteiger partial charge in [0, 0.05) is 36.8 Å². The molecule has 0 bridgehead atoms. The number of fused-ring (bicyclic) bond motifs is 1. The molecule has 1 N–H and O–H groups in total. The third kappa shape index (κ3) is 4.66. The standard InChI is InChI=1S/C26H25FN2O/c1-18-12-19(2)26-24(13-18)28-23(14-25(26)30)17-29(15-20-6-4-3-5-7-20)16-21-8-10-22(27)11-9-21/h3-14H,15-17H2,1-2H3,(H,28,30). The lowest BCUT2D eigenvalue weighted by atomic mass is 10.1. The minimum absolute atomic E-state index is 0.0395. The molecule has 0 aliphatic rings. The lowest BCUT2D eigenvalue weighted by Gasteiger charge is -2.23. The molecule has 4 heteroatoms. The summed E-state index contributed by atoms with van der Waals surface area (Å²) in [5.41, 5.74) is 6.12. The van der Waals surface area contributed by atoms with Gasteiger partial charge in [-0.15, -0.1) is 0 Å². The second-order valence-corrected chi connectivity index (χ2v) is 7.92. The third-order valence-corrected chi connectivity index (χ3v) is 5.29. The highest BCUT2D eigenvalue weighted by molar-refractivity contribution is 5.82. The molecule has 0 atom stereocenters. The average molecular weight is 400 g/mol. The quantitative estimate of drug-likeness (QED) is 0.465. The van der Waals surface area contributed by atoms with Gasteiger partial charge in [-0.25, -0.2) is 4.39 Å². The fraction of sp³-hybridized carbons (Fsp3) is 0.192. The van der Waals surface area contributed by atoms with Gasteiger partial charge in [0.2, 0.25) is 0 Å². The Kier molecular flexibility index (Phi) is 5.77. The van der Waals surface area contributed by atoms with Gasteiger partial charge in [0.05, 0.1) is 5.52 Å². The van der Waals surface area contributed by atoms with E-state index in [0.29, 0.717) is 13.1 Å². The van der Waals surface area contributed by atoms with Gasteiger partial charge in [-0.05, 0) is 54.3 Å². The summed E-state index contributed by atoms with van der Waals surface area (Å²) in [6, 6.07) is 22.6. The Balaban J connectivity index is 1.66. The third-order valence-electron chi connectivity index (χ3n) is 5.29. The molecule has 1 heterocycles. The minimum Gasteiger partial charge on any atom is -0.357 e. The predicted molar refractivity (Wildman–Crippen MR) is 120 cm³/mol. The zero-order valence-electron chi connectivity index (χ0n) is 17.3. The van der Waals surface area contributed by atoms with Crippen LogP contribution in [0.3, 0.4) is 0 Å². The maximum atomic E-state index is 13.3. The van der Waals surface area contributed by atoms with Crippen molar-refractivity contribution in [2.24, 2.45) is 0 Å². The van der Waals surface area contributed by atoms with Crippen LogP contribution in [0, 0.1) is 19.7 Å². The first-order chi connectivity index (χ1) is 14.5. The molecule has 0 fully saturated rings. The highest BCUT2D eigenvalue weighted by atomic mass is 19.1. The zero-order chi connectivity index (χ0) is 21.1. The maximum Gasteiger partial charge on any atom is 0.189 e. The normalized spacial score (nSPS) is 11.3. The van der Waals surface area contributed by atoms with Crippen molar-refractivity contribution in [3.8, 4) is 0 Å². The number of hydrogen-bond acceptors (Lipinski definition) is 2. The highest BCUT2D eigenvalue weighted by Crippen LogP contribution is 2.18. The monoisotopic (exact) mass is 400 g/mol. The number of benzene rings is 3.